The number of carbonyl (C=O) groups excluding carboxylic acids is 8. The molecule has 8 atom stereocenters. The number of aliphatic imine (C=N–C) groups is 1. The van der Waals surface area contributed by atoms with E-state index in [0.717, 1.165) is 0 Å². The van der Waals surface area contributed by atoms with Crippen molar-refractivity contribution >= 4 is 65.2 Å². The van der Waals surface area contributed by atoms with Crippen LogP contribution in [-0.2, 0) is 54.4 Å². The van der Waals surface area contributed by atoms with Crippen LogP contribution in [0.2, 0.25) is 0 Å². The third-order valence-corrected chi connectivity index (χ3v) is 10.0. The van der Waals surface area contributed by atoms with Crippen molar-refractivity contribution in [3.63, 3.8) is 0 Å². The highest BCUT2D eigenvalue weighted by Crippen LogP contribution is 2.10. The van der Waals surface area contributed by atoms with E-state index in [9.17, 15) is 58.2 Å². The number of carboxylic acids is 2. The Morgan fingerprint density at radius 1 is 0.597 bits per heavy atom. The lowest BCUT2D eigenvalue weighted by Crippen LogP contribution is -2.59. The number of nitrogens with one attached hydrogen (secondary N) is 8. The first-order chi connectivity index (χ1) is 31.2. The van der Waals surface area contributed by atoms with Crippen molar-refractivity contribution in [3.05, 3.63) is 35.9 Å². The fraction of sp³-hybridized carbons (Fsp3) is 0.605. The molecule has 0 unspecified atom stereocenters. The molecule has 24 nitrogen and oxygen atoms in total. The zero-order valence-electron chi connectivity index (χ0n) is 39.3. The second-order valence-corrected chi connectivity index (χ2v) is 17.2. The third kappa shape index (κ3) is 22.3. The zero-order chi connectivity index (χ0) is 51.1. The number of nitrogens with zero attached hydrogens (tertiary/aromatic N) is 1. The van der Waals surface area contributed by atoms with E-state index in [4.69, 9.17) is 17.2 Å². The van der Waals surface area contributed by atoms with E-state index in [0.29, 0.717) is 5.56 Å². The molecule has 0 heterocycles. The summed E-state index contributed by atoms with van der Waals surface area (Å²) < 4.78 is 0. The number of benzene rings is 1. The van der Waals surface area contributed by atoms with Gasteiger partial charge in [0.1, 0.15) is 42.3 Å². The molecule has 24 heteroatoms. The van der Waals surface area contributed by atoms with Crippen LogP contribution < -0.4 is 59.7 Å². The van der Waals surface area contributed by atoms with Crippen molar-refractivity contribution in [3.8, 4) is 0 Å². The van der Waals surface area contributed by atoms with Crippen LogP contribution in [0.4, 0.5) is 0 Å². The molecule has 0 saturated heterocycles. The first kappa shape index (κ1) is 58.2. The van der Waals surface area contributed by atoms with E-state index in [-0.39, 0.29) is 50.0 Å². The number of amides is 8. The number of nitrogens with two attached hydrogens (primary N) is 3. The minimum Gasteiger partial charge on any atom is -0.481 e. The maximum Gasteiger partial charge on any atom is 0.326 e. The Kier molecular flexibility index (Phi) is 25.1. The third-order valence-electron chi connectivity index (χ3n) is 10.0. The molecule has 0 spiro atoms. The number of hydrogen-bond donors (Lipinski definition) is 13. The number of hydrogen-bond acceptors (Lipinski definition) is 12. The molecule has 374 valence electrons. The molecule has 1 rings (SSSR count). The van der Waals surface area contributed by atoms with Gasteiger partial charge in [-0.3, -0.25) is 48.1 Å². The Balaban J connectivity index is 3.15. The smallest absolute Gasteiger partial charge is 0.326 e. The molecular formula is C43H70N12O12. The van der Waals surface area contributed by atoms with Gasteiger partial charge in [-0.2, -0.15) is 0 Å². The average molecular weight is 947 g/mol. The summed E-state index contributed by atoms with van der Waals surface area (Å²) in [4.78, 5) is 133. The number of rotatable bonds is 29. The maximum atomic E-state index is 13.7. The van der Waals surface area contributed by atoms with Gasteiger partial charge in [-0.25, -0.2) is 4.79 Å². The summed E-state index contributed by atoms with van der Waals surface area (Å²) in [6.07, 6.45) is -0.696. The topological polar surface area (TPSA) is 398 Å². The summed E-state index contributed by atoms with van der Waals surface area (Å²) in [6.45, 7) is 12.2. The van der Waals surface area contributed by atoms with Gasteiger partial charge in [-0.15, -0.1) is 0 Å². The van der Waals surface area contributed by atoms with Crippen LogP contribution in [-0.4, -0.2) is 137 Å². The number of carboxylic acid groups (broad SMARTS) is 2. The van der Waals surface area contributed by atoms with Crippen LogP contribution in [0, 0.1) is 17.8 Å². The van der Waals surface area contributed by atoms with Crippen molar-refractivity contribution in [1.82, 2.24) is 42.5 Å². The van der Waals surface area contributed by atoms with E-state index in [2.05, 4.69) is 47.5 Å². The van der Waals surface area contributed by atoms with Gasteiger partial charge in [0, 0.05) is 13.0 Å². The molecule has 0 aliphatic rings. The molecule has 0 bridgehead atoms. The molecule has 0 aromatic heterocycles. The van der Waals surface area contributed by atoms with Crippen LogP contribution in [0.1, 0.15) is 86.6 Å². The second-order valence-electron chi connectivity index (χ2n) is 17.2. The zero-order valence-corrected chi connectivity index (χ0v) is 39.3. The van der Waals surface area contributed by atoms with Gasteiger partial charge in [0.05, 0.1) is 19.0 Å². The highest BCUT2D eigenvalue weighted by molar-refractivity contribution is 5.98. The van der Waals surface area contributed by atoms with Gasteiger partial charge in [-0.1, -0.05) is 71.9 Å². The molecule has 16 N–H and O–H groups in total. The summed E-state index contributed by atoms with van der Waals surface area (Å²) in [5, 5.41) is 38.7. The summed E-state index contributed by atoms with van der Waals surface area (Å²) in [7, 11) is 0. The fourth-order valence-electron chi connectivity index (χ4n) is 6.15. The Hall–Kier alpha value is -6.85. The van der Waals surface area contributed by atoms with Crippen molar-refractivity contribution in [2.75, 3.05) is 13.1 Å². The quantitative estimate of drug-likeness (QED) is 0.0217. The van der Waals surface area contributed by atoms with Crippen molar-refractivity contribution < 1.29 is 58.2 Å². The summed E-state index contributed by atoms with van der Waals surface area (Å²) in [5.41, 5.74) is 17.2. The van der Waals surface area contributed by atoms with Crippen molar-refractivity contribution in [2.24, 2.45) is 39.9 Å². The van der Waals surface area contributed by atoms with Crippen LogP contribution in [0.5, 0.6) is 0 Å². The second kappa shape index (κ2) is 28.9. The highest BCUT2D eigenvalue weighted by atomic mass is 16.4. The van der Waals surface area contributed by atoms with Crippen molar-refractivity contribution in [1.29, 1.82) is 0 Å². The minimum atomic E-state index is -1.76. The van der Waals surface area contributed by atoms with E-state index in [1.54, 1.807) is 58.0 Å². The Morgan fingerprint density at radius 3 is 1.64 bits per heavy atom. The van der Waals surface area contributed by atoms with Crippen LogP contribution in [0.15, 0.2) is 35.3 Å². The minimum absolute atomic E-state index is 0.00893. The lowest BCUT2D eigenvalue weighted by atomic mass is 10.0. The van der Waals surface area contributed by atoms with Crippen LogP contribution >= 0.6 is 0 Å². The van der Waals surface area contributed by atoms with Gasteiger partial charge in [0.2, 0.25) is 47.3 Å². The number of aliphatic carboxylic acids is 2. The lowest BCUT2D eigenvalue weighted by Gasteiger charge is -2.26. The first-order valence-electron chi connectivity index (χ1n) is 21.9. The van der Waals surface area contributed by atoms with Crippen LogP contribution in [0.3, 0.4) is 0 Å². The van der Waals surface area contributed by atoms with Gasteiger partial charge in [0.25, 0.3) is 0 Å². The molecule has 0 aliphatic heterocycles. The fourth-order valence-corrected chi connectivity index (χ4v) is 6.15. The standard InChI is InChI=1S/C43H70N12O12/c1-21(2)17-28(54-41(65)33(44)22(3)4)39(63)50-25(8)36(60)52-30(19-32(57)58)40(64)53-29(18-26-13-10-9-11-14-26)37(61)48-20-31(56)49-24(7)35(59)51-27(15-12-16-47-43(45)46)38(62)55-34(23(5)6)42(66)67/h9-11,13-14,21-25,27-30,33-34H,12,15-20,44H2,1-8H3,(H,48,61)(H,49,56)(H,50,63)(H,51,59)(H,52,60)(H,53,64)(H,54,65)(H,55,62)(H,57,58)(H,66,67)(H4,45,46,47)/t24-,25-,27-,28-,29-,30-,33-,34-/m0/s1. The Bertz CT molecular complexity index is 1910. The van der Waals surface area contributed by atoms with E-state index >= 15 is 0 Å². The largest absolute Gasteiger partial charge is 0.481 e. The summed E-state index contributed by atoms with van der Waals surface area (Å²) in [6, 6.07) is -1.99. The molecule has 0 radical (unpaired) electrons. The maximum absolute atomic E-state index is 13.7. The normalized spacial score (nSPS) is 14.6. The van der Waals surface area contributed by atoms with E-state index < -0.39 is 126 Å². The molecule has 8 amide bonds. The molecule has 0 aliphatic carbocycles. The average Bonchev–Trinajstić information content (AvgIpc) is 3.23. The molecule has 1 aromatic carbocycles. The molecular weight excluding hydrogens is 877 g/mol. The SMILES string of the molecule is CC(C)C[C@H](NC(=O)[C@@H](N)C(C)C)C(=O)N[C@@H](C)C(=O)N[C@@H](CC(=O)O)C(=O)N[C@@H](Cc1ccccc1)C(=O)NCC(=O)N[C@@H](C)C(=O)N[C@@H](CCCN=C(N)N)C(=O)N[C@H](C(=O)O)C(C)C. The number of carbonyl (C=O) groups is 10. The predicted molar refractivity (Wildman–Crippen MR) is 245 cm³/mol. The Morgan fingerprint density at radius 2 is 1.12 bits per heavy atom. The first-order valence-corrected chi connectivity index (χ1v) is 21.9. The Labute approximate surface area is 389 Å². The summed E-state index contributed by atoms with van der Waals surface area (Å²) >= 11 is 0. The van der Waals surface area contributed by atoms with Crippen molar-refractivity contribution in [2.45, 2.75) is 136 Å². The van der Waals surface area contributed by atoms with Gasteiger partial charge in [-0.05, 0) is 56.4 Å². The highest BCUT2D eigenvalue weighted by Gasteiger charge is 2.33. The van der Waals surface area contributed by atoms with Gasteiger partial charge < -0.3 is 69.9 Å². The molecule has 67 heavy (non-hydrogen) atoms. The number of guanidine groups is 1. The van der Waals surface area contributed by atoms with E-state index in [1.807, 2.05) is 13.8 Å². The monoisotopic (exact) mass is 947 g/mol. The molecule has 0 saturated carbocycles. The summed E-state index contributed by atoms with van der Waals surface area (Å²) in [5.74, 6) is -10.5. The van der Waals surface area contributed by atoms with Gasteiger partial charge >= 0.3 is 11.9 Å². The predicted octanol–water partition coefficient (Wildman–Crippen LogP) is -2.92. The molecule has 0 fully saturated rings. The van der Waals surface area contributed by atoms with E-state index in [1.165, 1.54) is 13.8 Å². The lowest BCUT2D eigenvalue weighted by molar-refractivity contribution is -0.143. The van der Waals surface area contributed by atoms with Crippen LogP contribution in [0.25, 0.3) is 0 Å². The molecule has 1 aromatic rings. The van der Waals surface area contributed by atoms with Gasteiger partial charge in [0.15, 0.2) is 5.96 Å².